The van der Waals surface area contributed by atoms with Crippen LogP contribution in [0.1, 0.15) is 10.4 Å². The van der Waals surface area contributed by atoms with E-state index in [0.29, 0.717) is 17.1 Å². The lowest BCUT2D eigenvalue weighted by Crippen LogP contribution is -2.15. The van der Waals surface area contributed by atoms with E-state index in [1.165, 1.54) is 18.3 Å². The second-order valence-electron chi connectivity index (χ2n) is 6.14. The first-order chi connectivity index (χ1) is 14.1. The largest absolute Gasteiger partial charge is 0.320 e. The number of carbonyl (C=O) groups is 1. The molecule has 0 aliphatic heterocycles. The molecule has 0 atom stereocenters. The van der Waals surface area contributed by atoms with Crippen molar-refractivity contribution in [2.24, 2.45) is 0 Å². The van der Waals surface area contributed by atoms with E-state index in [1.807, 2.05) is 30.3 Å². The topological polar surface area (TPSA) is 67.8 Å². The summed E-state index contributed by atoms with van der Waals surface area (Å²) >= 11 is 6.07. The number of rotatable bonds is 4. The van der Waals surface area contributed by atoms with E-state index in [1.54, 1.807) is 24.5 Å². The van der Waals surface area contributed by atoms with Crippen molar-refractivity contribution >= 4 is 23.2 Å². The van der Waals surface area contributed by atoms with Gasteiger partial charge in [0.2, 0.25) is 0 Å². The van der Waals surface area contributed by atoms with E-state index in [-0.39, 0.29) is 16.3 Å². The second-order valence-corrected chi connectivity index (χ2v) is 6.54. The smallest absolute Gasteiger partial charge is 0.259 e. The molecule has 2 aromatic heterocycles. The third-order valence-corrected chi connectivity index (χ3v) is 4.53. The van der Waals surface area contributed by atoms with Gasteiger partial charge < -0.3 is 5.32 Å². The van der Waals surface area contributed by atoms with Gasteiger partial charge >= 0.3 is 0 Å². The van der Waals surface area contributed by atoms with Crippen LogP contribution in [0, 0.1) is 5.82 Å². The number of amides is 1. The minimum Gasteiger partial charge on any atom is -0.320 e. The zero-order chi connectivity index (χ0) is 20.2. The summed E-state index contributed by atoms with van der Waals surface area (Å²) in [7, 11) is 0. The van der Waals surface area contributed by atoms with E-state index in [4.69, 9.17) is 11.6 Å². The summed E-state index contributed by atoms with van der Waals surface area (Å²) in [6.07, 6.45) is 4.68. The zero-order valence-corrected chi connectivity index (χ0v) is 15.8. The predicted octanol–water partition coefficient (Wildman–Crippen LogP) is 5.25. The van der Waals surface area contributed by atoms with Gasteiger partial charge in [0.05, 0.1) is 22.0 Å². The van der Waals surface area contributed by atoms with E-state index in [9.17, 15) is 9.18 Å². The number of nitrogens with one attached hydrogen (secondary N) is 1. The lowest BCUT2D eigenvalue weighted by molar-refractivity contribution is 0.102. The van der Waals surface area contributed by atoms with Crippen LogP contribution in [0.25, 0.3) is 22.6 Å². The summed E-state index contributed by atoms with van der Waals surface area (Å²) in [5.74, 6) is -0.517. The summed E-state index contributed by atoms with van der Waals surface area (Å²) in [5.41, 5.74) is 2.37. The molecule has 4 rings (SSSR count). The highest BCUT2D eigenvalue weighted by Gasteiger charge is 2.18. The molecule has 0 bridgehead atoms. The molecule has 5 nitrogen and oxygen atoms in total. The van der Waals surface area contributed by atoms with Crippen LogP contribution in [0.4, 0.5) is 10.1 Å². The SMILES string of the molecule is O=C(Nc1cc(F)ccc1Cl)c1cnc(-c2ccccc2)nc1-c1ccncc1. The number of halogens is 2. The number of benzene rings is 2. The molecular weight excluding hydrogens is 391 g/mol. The molecule has 2 aromatic carbocycles. The first-order valence-corrected chi connectivity index (χ1v) is 9.09. The van der Waals surface area contributed by atoms with E-state index in [0.717, 1.165) is 11.6 Å². The Balaban J connectivity index is 1.78. The monoisotopic (exact) mass is 404 g/mol. The Labute approximate surface area is 171 Å². The number of anilines is 1. The van der Waals surface area contributed by atoms with Gasteiger partial charge in [-0.25, -0.2) is 14.4 Å². The summed E-state index contributed by atoms with van der Waals surface area (Å²) in [6.45, 7) is 0. The van der Waals surface area contributed by atoms with Crippen LogP contribution >= 0.6 is 11.6 Å². The molecule has 0 aliphatic carbocycles. The fourth-order valence-corrected chi connectivity index (χ4v) is 2.95. The van der Waals surface area contributed by atoms with Crippen LogP contribution in [-0.2, 0) is 0 Å². The first kappa shape index (κ1) is 18.7. The molecular formula is C22H14ClFN4O. The summed E-state index contributed by atoms with van der Waals surface area (Å²) < 4.78 is 13.5. The van der Waals surface area contributed by atoms with Gasteiger partial charge in [-0.15, -0.1) is 0 Å². The van der Waals surface area contributed by atoms with Crippen molar-refractivity contribution in [2.45, 2.75) is 0 Å². The molecule has 0 unspecified atom stereocenters. The van der Waals surface area contributed by atoms with E-state index in [2.05, 4.69) is 20.3 Å². The number of pyridine rings is 1. The van der Waals surface area contributed by atoms with Crippen molar-refractivity contribution in [3.63, 3.8) is 0 Å². The molecule has 0 spiro atoms. The molecule has 4 aromatic rings. The van der Waals surface area contributed by atoms with Gasteiger partial charge in [0.15, 0.2) is 5.82 Å². The maximum absolute atomic E-state index is 13.5. The van der Waals surface area contributed by atoms with Crippen LogP contribution in [0.15, 0.2) is 79.3 Å². The number of carbonyl (C=O) groups excluding carboxylic acids is 1. The molecule has 1 amide bonds. The molecule has 142 valence electrons. The fraction of sp³-hybridized carbons (Fsp3) is 0. The summed E-state index contributed by atoms with van der Waals surface area (Å²) in [6, 6.07) is 16.7. The third-order valence-electron chi connectivity index (χ3n) is 4.20. The van der Waals surface area contributed by atoms with Gasteiger partial charge in [0, 0.05) is 29.7 Å². The molecule has 0 saturated carbocycles. The van der Waals surface area contributed by atoms with Crippen molar-refractivity contribution < 1.29 is 9.18 Å². The minimum atomic E-state index is -0.505. The normalized spacial score (nSPS) is 10.6. The van der Waals surface area contributed by atoms with Gasteiger partial charge in [-0.05, 0) is 30.3 Å². The van der Waals surface area contributed by atoms with Gasteiger partial charge in [0.1, 0.15) is 5.82 Å². The Morgan fingerprint density at radius 1 is 0.966 bits per heavy atom. The average molecular weight is 405 g/mol. The van der Waals surface area contributed by atoms with Gasteiger partial charge in [-0.1, -0.05) is 41.9 Å². The number of aromatic nitrogens is 3. The highest BCUT2D eigenvalue weighted by atomic mass is 35.5. The standard InChI is InChI=1S/C22H14ClFN4O/c23-18-7-6-16(24)12-19(18)27-22(29)17-13-26-21(15-4-2-1-3-5-15)28-20(17)14-8-10-25-11-9-14/h1-13H,(H,27,29). The van der Waals surface area contributed by atoms with Crippen LogP contribution in [0.3, 0.4) is 0 Å². The van der Waals surface area contributed by atoms with Gasteiger partial charge in [-0.3, -0.25) is 9.78 Å². The van der Waals surface area contributed by atoms with Crippen LogP contribution < -0.4 is 5.32 Å². The molecule has 0 radical (unpaired) electrons. The maximum atomic E-state index is 13.5. The van der Waals surface area contributed by atoms with Crippen LogP contribution in [0.5, 0.6) is 0 Å². The molecule has 7 heteroatoms. The fourth-order valence-electron chi connectivity index (χ4n) is 2.79. The molecule has 1 N–H and O–H groups in total. The molecule has 0 saturated heterocycles. The van der Waals surface area contributed by atoms with Gasteiger partial charge in [0.25, 0.3) is 5.91 Å². The van der Waals surface area contributed by atoms with Crippen molar-refractivity contribution in [3.05, 3.63) is 95.7 Å². The maximum Gasteiger partial charge on any atom is 0.259 e. The minimum absolute atomic E-state index is 0.171. The molecule has 0 fully saturated rings. The third kappa shape index (κ3) is 4.12. The van der Waals surface area contributed by atoms with Crippen LogP contribution in [-0.4, -0.2) is 20.9 Å². The number of hydrogen-bond acceptors (Lipinski definition) is 4. The lowest BCUT2D eigenvalue weighted by atomic mass is 10.1. The zero-order valence-electron chi connectivity index (χ0n) is 15.0. The Morgan fingerprint density at radius 3 is 2.48 bits per heavy atom. The highest BCUT2D eigenvalue weighted by Crippen LogP contribution is 2.27. The predicted molar refractivity (Wildman–Crippen MR) is 110 cm³/mol. The highest BCUT2D eigenvalue weighted by molar-refractivity contribution is 6.34. The van der Waals surface area contributed by atoms with Crippen LogP contribution in [0.2, 0.25) is 5.02 Å². The molecule has 29 heavy (non-hydrogen) atoms. The second kappa shape index (κ2) is 8.16. The lowest BCUT2D eigenvalue weighted by Gasteiger charge is -2.12. The Kier molecular flexibility index (Phi) is 5.27. The summed E-state index contributed by atoms with van der Waals surface area (Å²) in [4.78, 5) is 25.9. The first-order valence-electron chi connectivity index (χ1n) is 8.71. The Hall–Kier alpha value is -3.64. The summed E-state index contributed by atoms with van der Waals surface area (Å²) in [5, 5.41) is 2.86. The Bertz CT molecular complexity index is 1170. The number of nitrogens with zero attached hydrogens (tertiary/aromatic N) is 3. The molecule has 2 heterocycles. The van der Waals surface area contributed by atoms with Crippen molar-refractivity contribution in [1.82, 2.24) is 15.0 Å². The molecule has 0 aliphatic rings. The van der Waals surface area contributed by atoms with E-state index < -0.39 is 11.7 Å². The Morgan fingerprint density at radius 2 is 1.72 bits per heavy atom. The van der Waals surface area contributed by atoms with Gasteiger partial charge in [-0.2, -0.15) is 0 Å². The van der Waals surface area contributed by atoms with Crippen molar-refractivity contribution in [2.75, 3.05) is 5.32 Å². The quantitative estimate of drug-likeness (QED) is 0.504. The average Bonchev–Trinajstić information content (AvgIpc) is 2.77. The van der Waals surface area contributed by atoms with E-state index >= 15 is 0 Å². The van der Waals surface area contributed by atoms with Crippen molar-refractivity contribution in [1.29, 1.82) is 0 Å². The van der Waals surface area contributed by atoms with Crippen molar-refractivity contribution in [3.8, 4) is 22.6 Å². The number of hydrogen-bond donors (Lipinski definition) is 1.